The zero-order chi connectivity index (χ0) is 21.3. The lowest BCUT2D eigenvalue weighted by Crippen LogP contribution is -2.30. The van der Waals surface area contributed by atoms with E-state index in [1.54, 1.807) is 19.1 Å². The van der Waals surface area contributed by atoms with Gasteiger partial charge in [-0.2, -0.15) is 5.10 Å². The predicted octanol–water partition coefficient (Wildman–Crippen LogP) is 3.47. The lowest BCUT2D eigenvalue weighted by atomic mass is 9.95. The monoisotopic (exact) mass is 406 g/mol. The highest BCUT2D eigenvalue weighted by atomic mass is 16.4. The van der Waals surface area contributed by atoms with Gasteiger partial charge in [-0.25, -0.2) is 9.48 Å². The molecule has 0 radical (unpaired) electrons. The van der Waals surface area contributed by atoms with Gasteiger partial charge in [-0.05, 0) is 82.1 Å². The molecule has 1 amide bonds. The van der Waals surface area contributed by atoms with Crippen molar-refractivity contribution in [3.05, 3.63) is 75.1 Å². The minimum absolute atomic E-state index is 0.0464. The first-order valence-electron chi connectivity index (χ1n) is 10.2. The molecule has 7 heteroatoms. The van der Waals surface area contributed by atoms with Gasteiger partial charge in [0.1, 0.15) is 11.3 Å². The molecule has 30 heavy (non-hydrogen) atoms. The Balaban J connectivity index is 1.52. The summed E-state index contributed by atoms with van der Waals surface area (Å²) in [5.74, 6) is 0.355. The molecule has 7 nitrogen and oxygen atoms in total. The summed E-state index contributed by atoms with van der Waals surface area (Å²) in [7, 11) is 0. The number of carbonyl (C=O) groups excluding carboxylic acids is 1. The quantitative estimate of drug-likeness (QED) is 0.693. The molecule has 1 aliphatic rings. The number of amides is 1. The van der Waals surface area contributed by atoms with Gasteiger partial charge in [-0.15, -0.1) is 0 Å². The van der Waals surface area contributed by atoms with Crippen LogP contribution in [0.4, 0.5) is 5.69 Å². The Bertz CT molecular complexity index is 1120. The van der Waals surface area contributed by atoms with E-state index in [1.807, 2.05) is 42.8 Å². The van der Waals surface area contributed by atoms with Crippen LogP contribution in [0.1, 0.15) is 51.8 Å². The first-order chi connectivity index (χ1) is 14.4. The van der Waals surface area contributed by atoms with Crippen molar-refractivity contribution in [2.24, 2.45) is 0 Å². The highest BCUT2D eigenvalue weighted by Gasteiger charge is 2.22. The molecule has 4 rings (SSSR count). The van der Waals surface area contributed by atoms with Crippen LogP contribution in [0.2, 0.25) is 0 Å². The van der Waals surface area contributed by atoms with E-state index < -0.39 is 11.5 Å². The van der Waals surface area contributed by atoms with Gasteiger partial charge in [0.2, 0.25) is 0 Å². The number of piperidine rings is 1. The molecule has 1 atom stereocenters. The maximum Gasteiger partial charge on any atom is 0.349 e. The fraction of sp³-hybridized carbons (Fsp3) is 0.348. The van der Waals surface area contributed by atoms with Crippen molar-refractivity contribution in [1.82, 2.24) is 15.1 Å². The summed E-state index contributed by atoms with van der Waals surface area (Å²) in [6.45, 7) is 7.48. The Hall–Kier alpha value is -3.19. The molecule has 1 aromatic carbocycles. The fourth-order valence-corrected chi connectivity index (χ4v) is 3.97. The highest BCUT2D eigenvalue weighted by Crippen LogP contribution is 2.24. The molecule has 1 unspecified atom stereocenters. The van der Waals surface area contributed by atoms with Crippen molar-refractivity contribution < 1.29 is 9.21 Å². The summed E-state index contributed by atoms with van der Waals surface area (Å²) in [6, 6.07) is 11.2. The van der Waals surface area contributed by atoms with E-state index >= 15 is 0 Å². The topological polar surface area (TPSA) is 89.2 Å². The summed E-state index contributed by atoms with van der Waals surface area (Å²) < 4.78 is 7.36. The van der Waals surface area contributed by atoms with E-state index in [4.69, 9.17) is 4.42 Å². The number of hydrogen-bond donors (Lipinski definition) is 2. The zero-order valence-corrected chi connectivity index (χ0v) is 17.5. The number of hydrogen-bond acceptors (Lipinski definition) is 5. The van der Waals surface area contributed by atoms with Crippen molar-refractivity contribution in [2.75, 3.05) is 18.4 Å². The molecule has 1 fully saturated rings. The molecule has 156 valence electrons. The van der Waals surface area contributed by atoms with Gasteiger partial charge in [0.05, 0.1) is 11.4 Å². The van der Waals surface area contributed by atoms with Crippen LogP contribution in [0.5, 0.6) is 0 Å². The van der Waals surface area contributed by atoms with Crippen LogP contribution in [0.25, 0.3) is 5.69 Å². The Morgan fingerprint density at radius 3 is 2.57 bits per heavy atom. The van der Waals surface area contributed by atoms with Crippen LogP contribution in [0.15, 0.2) is 45.6 Å². The van der Waals surface area contributed by atoms with Gasteiger partial charge in [-0.1, -0.05) is 0 Å². The van der Waals surface area contributed by atoms with Gasteiger partial charge in [0.25, 0.3) is 5.91 Å². The summed E-state index contributed by atoms with van der Waals surface area (Å²) in [6.07, 6.45) is 2.02. The van der Waals surface area contributed by atoms with Crippen molar-refractivity contribution in [1.29, 1.82) is 0 Å². The summed E-state index contributed by atoms with van der Waals surface area (Å²) in [5.41, 5.74) is 3.57. The van der Waals surface area contributed by atoms with Crippen molar-refractivity contribution in [2.45, 2.75) is 39.5 Å². The third-order valence-corrected chi connectivity index (χ3v) is 5.47. The van der Waals surface area contributed by atoms with E-state index in [-0.39, 0.29) is 11.5 Å². The number of anilines is 1. The lowest BCUT2D eigenvalue weighted by molar-refractivity contribution is 0.102. The zero-order valence-electron chi connectivity index (χ0n) is 17.5. The van der Waals surface area contributed by atoms with Crippen LogP contribution in [0.3, 0.4) is 0 Å². The Labute approximate surface area is 175 Å². The van der Waals surface area contributed by atoms with E-state index in [0.29, 0.717) is 17.0 Å². The molecule has 0 bridgehead atoms. The number of nitrogens with zero attached hydrogens (tertiary/aromatic N) is 2. The SMILES string of the molecule is Cc1cc(C)n(-c2ccc(NC(=O)c3c(C)cc(C4CCCNC4)oc3=O)cc2)n1. The molecule has 1 saturated heterocycles. The minimum atomic E-state index is -0.590. The summed E-state index contributed by atoms with van der Waals surface area (Å²) >= 11 is 0. The molecule has 0 spiro atoms. The molecule has 3 aromatic rings. The van der Waals surface area contributed by atoms with Gasteiger partial charge < -0.3 is 15.1 Å². The van der Waals surface area contributed by atoms with Gasteiger partial charge in [0, 0.05) is 23.8 Å². The molecule has 2 N–H and O–H groups in total. The number of rotatable bonds is 4. The number of carbonyl (C=O) groups is 1. The maximum absolute atomic E-state index is 12.8. The van der Waals surface area contributed by atoms with Crippen molar-refractivity contribution in [3.63, 3.8) is 0 Å². The Kier molecular flexibility index (Phi) is 5.55. The first kappa shape index (κ1) is 20.1. The third-order valence-electron chi connectivity index (χ3n) is 5.47. The van der Waals surface area contributed by atoms with E-state index in [2.05, 4.69) is 15.7 Å². The average molecular weight is 406 g/mol. The summed E-state index contributed by atoms with van der Waals surface area (Å²) in [5, 5.41) is 10.6. The second-order valence-electron chi connectivity index (χ2n) is 7.88. The van der Waals surface area contributed by atoms with Crippen LogP contribution in [-0.4, -0.2) is 28.8 Å². The van der Waals surface area contributed by atoms with E-state index in [1.165, 1.54) is 0 Å². The number of aromatic nitrogens is 2. The van der Waals surface area contributed by atoms with Crippen molar-refractivity contribution >= 4 is 11.6 Å². The molecular weight excluding hydrogens is 380 g/mol. The Morgan fingerprint density at radius 1 is 1.20 bits per heavy atom. The molecule has 1 aliphatic heterocycles. The first-order valence-corrected chi connectivity index (χ1v) is 10.2. The lowest BCUT2D eigenvalue weighted by Gasteiger charge is -2.22. The highest BCUT2D eigenvalue weighted by molar-refractivity contribution is 6.04. The van der Waals surface area contributed by atoms with Gasteiger partial charge in [0.15, 0.2) is 0 Å². The van der Waals surface area contributed by atoms with E-state index in [0.717, 1.165) is 43.0 Å². The second kappa shape index (κ2) is 8.28. The number of nitrogens with one attached hydrogen (secondary N) is 2. The third kappa shape index (κ3) is 4.07. The van der Waals surface area contributed by atoms with Crippen LogP contribution in [0, 0.1) is 20.8 Å². The molecule has 2 aromatic heterocycles. The fourth-order valence-electron chi connectivity index (χ4n) is 3.97. The minimum Gasteiger partial charge on any atom is -0.427 e. The second-order valence-corrected chi connectivity index (χ2v) is 7.88. The van der Waals surface area contributed by atoms with Crippen LogP contribution < -0.4 is 16.3 Å². The number of benzene rings is 1. The number of aryl methyl sites for hydroxylation is 3. The van der Waals surface area contributed by atoms with Gasteiger partial charge in [-0.3, -0.25) is 4.79 Å². The normalized spacial score (nSPS) is 16.4. The van der Waals surface area contributed by atoms with Crippen LogP contribution >= 0.6 is 0 Å². The Morgan fingerprint density at radius 2 is 1.97 bits per heavy atom. The molecule has 0 aliphatic carbocycles. The smallest absolute Gasteiger partial charge is 0.349 e. The standard InChI is InChI=1S/C23H26N4O3/c1-14-11-20(17-5-4-10-24-13-17)30-23(29)21(14)22(28)25-18-6-8-19(9-7-18)27-16(3)12-15(2)26-27/h6-9,11-12,17,24H,4-5,10,13H2,1-3H3,(H,25,28). The van der Waals surface area contributed by atoms with E-state index in [9.17, 15) is 9.59 Å². The summed E-state index contributed by atoms with van der Waals surface area (Å²) in [4.78, 5) is 25.3. The molecular formula is C23H26N4O3. The maximum atomic E-state index is 12.8. The van der Waals surface area contributed by atoms with Crippen LogP contribution in [-0.2, 0) is 0 Å². The van der Waals surface area contributed by atoms with Crippen molar-refractivity contribution in [3.8, 4) is 5.69 Å². The average Bonchev–Trinajstić information content (AvgIpc) is 3.06. The van der Waals surface area contributed by atoms with Gasteiger partial charge >= 0.3 is 5.63 Å². The molecule has 0 saturated carbocycles. The predicted molar refractivity (Wildman–Crippen MR) is 116 cm³/mol. The largest absolute Gasteiger partial charge is 0.427 e. The molecule has 3 heterocycles.